The molecule has 1 aliphatic carbocycles. The lowest BCUT2D eigenvalue weighted by Crippen LogP contribution is -2.26. The first kappa shape index (κ1) is 13.6. The summed E-state index contributed by atoms with van der Waals surface area (Å²) in [5, 5.41) is 2.94. The van der Waals surface area contributed by atoms with E-state index < -0.39 is 0 Å². The Hall–Kier alpha value is -0.500. The monoisotopic (exact) mass is 243 g/mol. The van der Waals surface area contributed by atoms with Crippen LogP contribution in [0.15, 0.2) is 12.2 Å². The molecule has 1 saturated carbocycles. The van der Waals surface area contributed by atoms with Crippen LogP contribution in [0.3, 0.4) is 0 Å². The molecule has 0 aromatic carbocycles. The summed E-state index contributed by atoms with van der Waals surface area (Å²) in [6.45, 7) is 4.94. The molecule has 1 fully saturated rings. The van der Waals surface area contributed by atoms with Crippen molar-refractivity contribution in [3.63, 3.8) is 0 Å². The highest BCUT2D eigenvalue weighted by Crippen LogP contribution is 2.51. The largest absolute Gasteiger partial charge is 0.352 e. The van der Waals surface area contributed by atoms with E-state index in [2.05, 4.69) is 25.2 Å². The molecule has 0 spiro atoms. The van der Waals surface area contributed by atoms with E-state index in [1.165, 1.54) is 0 Å². The molecular formula is C13H22ClNO. The van der Waals surface area contributed by atoms with E-state index in [4.69, 9.17) is 11.6 Å². The highest BCUT2D eigenvalue weighted by Gasteiger charge is 2.50. The Kier molecular flexibility index (Phi) is 5.33. The van der Waals surface area contributed by atoms with Crippen LogP contribution in [0.1, 0.15) is 39.5 Å². The number of carbonyl (C=O) groups excluding carboxylic acids is 1. The van der Waals surface area contributed by atoms with Gasteiger partial charge in [-0.3, -0.25) is 4.79 Å². The van der Waals surface area contributed by atoms with Crippen molar-refractivity contribution in [1.82, 2.24) is 5.32 Å². The van der Waals surface area contributed by atoms with Crippen molar-refractivity contribution in [2.24, 2.45) is 11.3 Å². The van der Waals surface area contributed by atoms with Gasteiger partial charge in [0.15, 0.2) is 0 Å². The molecule has 1 N–H and O–H groups in total. The van der Waals surface area contributed by atoms with Gasteiger partial charge in [0.2, 0.25) is 5.91 Å². The van der Waals surface area contributed by atoms with Gasteiger partial charge in [0.1, 0.15) is 0 Å². The third-order valence-electron chi connectivity index (χ3n) is 3.15. The van der Waals surface area contributed by atoms with E-state index in [-0.39, 0.29) is 17.2 Å². The molecule has 0 saturated heterocycles. The van der Waals surface area contributed by atoms with Crippen LogP contribution in [0.4, 0.5) is 0 Å². The first-order valence-electron chi connectivity index (χ1n) is 6.06. The molecule has 0 aliphatic heterocycles. The van der Waals surface area contributed by atoms with Gasteiger partial charge in [-0.15, -0.1) is 11.6 Å². The Morgan fingerprint density at radius 2 is 2.12 bits per heavy atom. The highest BCUT2D eigenvalue weighted by atomic mass is 35.5. The summed E-state index contributed by atoms with van der Waals surface area (Å²) in [5.74, 6) is 1.17. The third-order valence-corrected chi connectivity index (χ3v) is 3.41. The van der Waals surface area contributed by atoms with Gasteiger partial charge in [0, 0.05) is 18.3 Å². The summed E-state index contributed by atoms with van der Waals surface area (Å²) in [6, 6.07) is 0. The average Bonchev–Trinajstić information content (AvgIpc) is 2.86. The molecule has 0 unspecified atom stereocenters. The maximum absolute atomic E-state index is 11.6. The summed E-state index contributed by atoms with van der Waals surface area (Å²) in [4.78, 5) is 11.6. The van der Waals surface area contributed by atoms with E-state index in [1.807, 2.05) is 6.08 Å². The minimum Gasteiger partial charge on any atom is -0.352 e. The quantitative estimate of drug-likeness (QED) is 0.416. The predicted molar refractivity (Wildman–Crippen MR) is 68.6 cm³/mol. The smallest absolute Gasteiger partial charge is 0.223 e. The number of unbranched alkanes of at least 4 members (excludes halogenated alkanes) is 2. The van der Waals surface area contributed by atoms with Crippen molar-refractivity contribution >= 4 is 17.5 Å². The molecule has 0 radical (unpaired) electrons. The van der Waals surface area contributed by atoms with Crippen LogP contribution < -0.4 is 5.32 Å². The standard InChI is InChI=1S/C13H22ClNO/c1-13(2)10-11(13)12(16)15-9-7-5-3-4-6-8-14/h5,7,11H,3-4,6,8-10H2,1-2H3,(H,15,16)/b7-5-/t11-/m1/s1. The second-order valence-corrected chi connectivity index (χ2v) is 5.52. The van der Waals surface area contributed by atoms with Gasteiger partial charge in [-0.25, -0.2) is 0 Å². The molecule has 2 nitrogen and oxygen atoms in total. The van der Waals surface area contributed by atoms with Crippen molar-refractivity contribution in [1.29, 1.82) is 0 Å². The van der Waals surface area contributed by atoms with Crippen LogP contribution in [-0.2, 0) is 4.79 Å². The van der Waals surface area contributed by atoms with Crippen LogP contribution in [0.5, 0.6) is 0 Å². The predicted octanol–water partition coefficient (Wildman–Crippen LogP) is 3.11. The van der Waals surface area contributed by atoms with Crippen LogP contribution >= 0.6 is 11.6 Å². The van der Waals surface area contributed by atoms with Crippen LogP contribution in [0, 0.1) is 11.3 Å². The fourth-order valence-electron chi connectivity index (χ4n) is 1.76. The summed E-state index contributed by atoms with van der Waals surface area (Å²) in [5.41, 5.74) is 0.230. The van der Waals surface area contributed by atoms with Gasteiger partial charge in [-0.05, 0) is 31.1 Å². The Morgan fingerprint density at radius 3 is 2.69 bits per heavy atom. The Balaban J connectivity index is 2.01. The zero-order chi connectivity index (χ0) is 12.0. The average molecular weight is 244 g/mol. The molecule has 1 atom stereocenters. The van der Waals surface area contributed by atoms with Crippen molar-refractivity contribution in [2.45, 2.75) is 39.5 Å². The maximum Gasteiger partial charge on any atom is 0.223 e. The molecule has 0 aromatic heterocycles. The lowest BCUT2D eigenvalue weighted by atomic mass is 10.1. The minimum absolute atomic E-state index is 0.204. The number of nitrogens with one attached hydrogen (secondary N) is 1. The fraction of sp³-hybridized carbons (Fsp3) is 0.769. The topological polar surface area (TPSA) is 29.1 Å². The Bertz CT molecular complexity index is 261. The van der Waals surface area contributed by atoms with E-state index in [0.717, 1.165) is 31.6 Å². The number of carbonyl (C=O) groups is 1. The van der Waals surface area contributed by atoms with Crippen LogP contribution in [0.25, 0.3) is 0 Å². The Labute approximate surface area is 103 Å². The second-order valence-electron chi connectivity index (χ2n) is 5.15. The third kappa shape index (κ3) is 4.56. The first-order chi connectivity index (χ1) is 7.58. The van der Waals surface area contributed by atoms with Gasteiger partial charge in [0.25, 0.3) is 0 Å². The second kappa shape index (κ2) is 6.29. The SMILES string of the molecule is CC1(C)C[C@@H]1C(=O)NC/C=C\CCCCCl. The Morgan fingerprint density at radius 1 is 1.44 bits per heavy atom. The zero-order valence-corrected chi connectivity index (χ0v) is 11.0. The first-order valence-corrected chi connectivity index (χ1v) is 6.60. The summed E-state index contributed by atoms with van der Waals surface area (Å²) in [7, 11) is 0. The highest BCUT2D eigenvalue weighted by molar-refractivity contribution is 6.17. The molecule has 3 heteroatoms. The number of hydrogen-bond donors (Lipinski definition) is 1. The van der Waals surface area contributed by atoms with Crippen LogP contribution in [-0.4, -0.2) is 18.3 Å². The molecule has 0 aromatic rings. The van der Waals surface area contributed by atoms with Gasteiger partial charge in [-0.1, -0.05) is 26.0 Å². The number of alkyl halides is 1. The maximum atomic E-state index is 11.6. The van der Waals surface area contributed by atoms with E-state index in [0.29, 0.717) is 6.54 Å². The summed E-state index contributed by atoms with van der Waals surface area (Å²) in [6.07, 6.45) is 8.42. The molecule has 16 heavy (non-hydrogen) atoms. The molecule has 1 aliphatic rings. The number of rotatable bonds is 7. The van der Waals surface area contributed by atoms with E-state index in [9.17, 15) is 4.79 Å². The molecule has 1 amide bonds. The van der Waals surface area contributed by atoms with Crippen molar-refractivity contribution < 1.29 is 4.79 Å². The normalized spacial score (nSPS) is 22.3. The lowest BCUT2D eigenvalue weighted by molar-refractivity contribution is -0.122. The number of amides is 1. The molecule has 0 bridgehead atoms. The van der Waals surface area contributed by atoms with Crippen molar-refractivity contribution in [3.8, 4) is 0 Å². The number of hydrogen-bond acceptors (Lipinski definition) is 1. The zero-order valence-electron chi connectivity index (χ0n) is 10.3. The van der Waals surface area contributed by atoms with Crippen LogP contribution in [0.2, 0.25) is 0 Å². The molecular weight excluding hydrogens is 222 g/mol. The number of allylic oxidation sites excluding steroid dienone is 1. The molecule has 0 heterocycles. The molecule has 1 rings (SSSR count). The summed E-state index contributed by atoms with van der Waals surface area (Å²) < 4.78 is 0. The van der Waals surface area contributed by atoms with Gasteiger partial charge in [-0.2, -0.15) is 0 Å². The van der Waals surface area contributed by atoms with Crippen molar-refractivity contribution in [2.75, 3.05) is 12.4 Å². The van der Waals surface area contributed by atoms with Gasteiger partial charge >= 0.3 is 0 Å². The van der Waals surface area contributed by atoms with Gasteiger partial charge < -0.3 is 5.32 Å². The van der Waals surface area contributed by atoms with Crippen molar-refractivity contribution in [3.05, 3.63) is 12.2 Å². The minimum atomic E-state index is 0.204. The lowest BCUT2D eigenvalue weighted by Gasteiger charge is -2.03. The fourth-order valence-corrected chi connectivity index (χ4v) is 1.94. The number of halogens is 1. The van der Waals surface area contributed by atoms with E-state index in [1.54, 1.807) is 0 Å². The van der Waals surface area contributed by atoms with E-state index >= 15 is 0 Å². The molecule has 92 valence electrons. The van der Waals surface area contributed by atoms with Gasteiger partial charge in [0.05, 0.1) is 0 Å². The summed E-state index contributed by atoms with van der Waals surface area (Å²) >= 11 is 5.57.